The maximum Gasteiger partial charge on any atom is 0.0985 e. The lowest BCUT2D eigenvalue weighted by atomic mass is 9.92. The molecule has 0 aromatic carbocycles. The highest BCUT2D eigenvalue weighted by Crippen LogP contribution is 2.33. The Morgan fingerprint density at radius 3 is 2.41 bits per heavy atom. The van der Waals surface area contributed by atoms with Crippen molar-refractivity contribution < 1.29 is 0 Å². The normalized spacial score (nSPS) is 19.1. The molecule has 1 unspecified atom stereocenters. The van der Waals surface area contributed by atoms with E-state index in [1.807, 2.05) is 11.3 Å². The lowest BCUT2D eigenvalue weighted by Gasteiger charge is -2.29. The Balaban J connectivity index is 2.11. The van der Waals surface area contributed by atoms with Crippen LogP contribution in [-0.4, -0.2) is 11.0 Å². The summed E-state index contributed by atoms with van der Waals surface area (Å²) in [7, 11) is 0. The third-order valence-electron chi connectivity index (χ3n) is 3.46. The molecule has 3 heteroatoms. The molecule has 0 radical (unpaired) electrons. The van der Waals surface area contributed by atoms with Crippen molar-refractivity contribution in [3.63, 3.8) is 0 Å². The first-order valence-electron chi connectivity index (χ1n) is 6.62. The summed E-state index contributed by atoms with van der Waals surface area (Å²) in [6.45, 7) is 11.1. The van der Waals surface area contributed by atoms with E-state index in [1.54, 1.807) is 0 Å². The molecule has 0 saturated heterocycles. The SMILES string of the molecule is Cc1nc(C(C)(C)C)sc1C(C)NC1CCC1. The van der Waals surface area contributed by atoms with Gasteiger partial charge in [-0.15, -0.1) is 11.3 Å². The molecule has 1 aliphatic carbocycles. The van der Waals surface area contributed by atoms with Gasteiger partial charge >= 0.3 is 0 Å². The van der Waals surface area contributed by atoms with Crippen LogP contribution in [0.2, 0.25) is 0 Å². The molecule has 1 aliphatic rings. The molecule has 17 heavy (non-hydrogen) atoms. The molecule has 0 bridgehead atoms. The summed E-state index contributed by atoms with van der Waals surface area (Å²) < 4.78 is 0. The van der Waals surface area contributed by atoms with Gasteiger partial charge in [0, 0.05) is 22.4 Å². The van der Waals surface area contributed by atoms with Crippen LogP contribution >= 0.6 is 11.3 Å². The highest BCUT2D eigenvalue weighted by atomic mass is 32.1. The number of thiazole rings is 1. The molecule has 0 aliphatic heterocycles. The van der Waals surface area contributed by atoms with Crippen LogP contribution in [0.25, 0.3) is 0 Å². The van der Waals surface area contributed by atoms with Gasteiger partial charge < -0.3 is 5.32 Å². The third-order valence-corrected chi connectivity index (χ3v) is 5.22. The van der Waals surface area contributed by atoms with E-state index in [0.717, 1.165) is 6.04 Å². The van der Waals surface area contributed by atoms with Gasteiger partial charge in [-0.3, -0.25) is 0 Å². The summed E-state index contributed by atoms with van der Waals surface area (Å²) in [6.07, 6.45) is 4.07. The fourth-order valence-corrected chi connectivity index (χ4v) is 3.27. The maximum atomic E-state index is 4.73. The van der Waals surface area contributed by atoms with Crippen molar-refractivity contribution in [2.45, 2.75) is 71.4 Å². The minimum absolute atomic E-state index is 0.171. The second-order valence-electron chi connectivity index (χ2n) is 6.23. The smallest absolute Gasteiger partial charge is 0.0985 e. The van der Waals surface area contributed by atoms with Crippen molar-refractivity contribution in [2.24, 2.45) is 0 Å². The molecule has 2 rings (SSSR count). The van der Waals surface area contributed by atoms with Crippen molar-refractivity contribution in [1.82, 2.24) is 10.3 Å². The first kappa shape index (κ1) is 13.0. The number of rotatable bonds is 3. The number of nitrogens with zero attached hydrogens (tertiary/aromatic N) is 1. The topological polar surface area (TPSA) is 24.9 Å². The second-order valence-corrected chi connectivity index (χ2v) is 7.27. The zero-order valence-corrected chi connectivity index (χ0v) is 12.4. The molecule has 2 nitrogen and oxygen atoms in total. The number of nitrogens with one attached hydrogen (secondary N) is 1. The average Bonchev–Trinajstić information content (AvgIpc) is 2.53. The minimum atomic E-state index is 0.171. The van der Waals surface area contributed by atoms with Gasteiger partial charge in [0.05, 0.1) is 10.7 Å². The van der Waals surface area contributed by atoms with Crippen molar-refractivity contribution in [3.05, 3.63) is 15.6 Å². The quantitative estimate of drug-likeness (QED) is 0.881. The van der Waals surface area contributed by atoms with E-state index in [2.05, 4.69) is 39.9 Å². The van der Waals surface area contributed by atoms with Crippen LogP contribution in [0.4, 0.5) is 0 Å². The Bertz CT molecular complexity index is 385. The van der Waals surface area contributed by atoms with E-state index in [-0.39, 0.29) is 5.41 Å². The predicted octanol–water partition coefficient (Wildman–Crippen LogP) is 3.95. The van der Waals surface area contributed by atoms with E-state index in [1.165, 1.54) is 34.8 Å². The van der Waals surface area contributed by atoms with Crippen LogP contribution in [0.1, 0.15) is 68.6 Å². The summed E-state index contributed by atoms with van der Waals surface area (Å²) in [6, 6.07) is 1.19. The average molecular weight is 252 g/mol. The summed E-state index contributed by atoms with van der Waals surface area (Å²) in [5, 5.41) is 4.97. The van der Waals surface area contributed by atoms with Crippen molar-refractivity contribution in [1.29, 1.82) is 0 Å². The van der Waals surface area contributed by atoms with E-state index >= 15 is 0 Å². The first-order chi connectivity index (χ1) is 7.88. The van der Waals surface area contributed by atoms with Gasteiger partial charge in [-0.05, 0) is 26.7 Å². The predicted molar refractivity (Wildman–Crippen MR) is 74.7 cm³/mol. The Morgan fingerprint density at radius 1 is 1.35 bits per heavy atom. The molecule has 0 spiro atoms. The summed E-state index contributed by atoms with van der Waals surface area (Å²) in [5.74, 6) is 0. The molecule has 1 aromatic rings. The van der Waals surface area contributed by atoms with E-state index in [0.29, 0.717) is 6.04 Å². The Morgan fingerprint density at radius 2 is 2.00 bits per heavy atom. The monoisotopic (exact) mass is 252 g/mol. The van der Waals surface area contributed by atoms with E-state index < -0.39 is 0 Å². The van der Waals surface area contributed by atoms with Crippen LogP contribution in [0, 0.1) is 6.92 Å². The standard InChI is InChI=1S/C14H24N2S/c1-9(15-11-7-6-8-11)12-10(2)16-13(17-12)14(3,4)5/h9,11,15H,6-8H2,1-5H3. The minimum Gasteiger partial charge on any atom is -0.307 e. The molecule has 1 fully saturated rings. The lowest BCUT2D eigenvalue weighted by Crippen LogP contribution is -2.36. The van der Waals surface area contributed by atoms with Gasteiger partial charge in [-0.1, -0.05) is 27.2 Å². The number of aromatic nitrogens is 1. The van der Waals surface area contributed by atoms with Gasteiger partial charge in [0.1, 0.15) is 0 Å². The fourth-order valence-electron chi connectivity index (χ4n) is 2.13. The summed E-state index contributed by atoms with van der Waals surface area (Å²) in [4.78, 5) is 6.15. The summed E-state index contributed by atoms with van der Waals surface area (Å²) >= 11 is 1.88. The Labute approximate surface area is 109 Å². The highest BCUT2D eigenvalue weighted by molar-refractivity contribution is 7.12. The second kappa shape index (κ2) is 4.69. The number of hydrogen-bond acceptors (Lipinski definition) is 3. The van der Waals surface area contributed by atoms with Crippen LogP contribution in [-0.2, 0) is 5.41 Å². The number of hydrogen-bond donors (Lipinski definition) is 1. The molecule has 96 valence electrons. The first-order valence-corrected chi connectivity index (χ1v) is 7.43. The maximum absolute atomic E-state index is 4.73. The van der Waals surface area contributed by atoms with Crippen LogP contribution in [0.15, 0.2) is 0 Å². The van der Waals surface area contributed by atoms with Gasteiger partial charge in [0.25, 0.3) is 0 Å². The van der Waals surface area contributed by atoms with Crippen LogP contribution in [0.3, 0.4) is 0 Å². The van der Waals surface area contributed by atoms with Crippen molar-refractivity contribution >= 4 is 11.3 Å². The molecule has 0 amide bonds. The van der Waals surface area contributed by atoms with Crippen LogP contribution < -0.4 is 5.32 Å². The van der Waals surface area contributed by atoms with Crippen LogP contribution in [0.5, 0.6) is 0 Å². The number of aryl methyl sites for hydroxylation is 1. The molecule has 1 saturated carbocycles. The fraction of sp³-hybridized carbons (Fsp3) is 0.786. The van der Waals surface area contributed by atoms with Gasteiger partial charge in [0.15, 0.2) is 0 Å². The molecular weight excluding hydrogens is 228 g/mol. The van der Waals surface area contributed by atoms with E-state index in [9.17, 15) is 0 Å². The molecular formula is C14H24N2S. The largest absolute Gasteiger partial charge is 0.307 e. The Hall–Kier alpha value is -0.410. The van der Waals surface area contributed by atoms with Gasteiger partial charge in [0.2, 0.25) is 0 Å². The third kappa shape index (κ3) is 2.89. The summed E-state index contributed by atoms with van der Waals surface area (Å²) in [5.41, 5.74) is 1.38. The Kier molecular flexibility index (Phi) is 3.60. The lowest BCUT2D eigenvalue weighted by molar-refractivity contribution is 0.314. The van der Waals surface area contributed by atoms with Crippen molar-refractivity contribution in [2.75, 3.05) is 0 Å². The molecule has 1 N–H and O–H groups in total. The molecule has 1 heterocycles. The zero-order valence-electron chi connectivity index (χ0n) is 11.6. The molecule has 1 atom stereocenters. The highest BCUT2D eigenvalue weighted by Gasteiger charge is 2.25. The van der Waals surface area contributed by atoms with E-state index in [4.69, 9.17) is 4.98 Å². The zero-order chi connectivity index (χ0) is 12.6. The van der Waals surface area contributed by atoms with Gasteiger partial charge in [-0.25, -0.2) is 4.98 Å². The molecule has 1 aromatic heterocycles. The van der Waals surface area contributed by atoms with Crippen molar-refractivity contribution in [3.8, 4) is 0 Å². The van der Waals surface area contributed by atoms with Gasteiger partial charge in [-0.2, -0.15) is 0 Å².